The second-order valence-electron chi connectivity index (χ2n) is 9.41. The third-order valence-corrected chi connectivity index (χ3v) is 6.49. The average molecular weight is 533 g/mol. The Morgan fingerprint density at radius 2 is 1.76 bits per heavy atom. The van der Waals surface area contributed by atoms with Gasteiger partial charge < -0.3 is 20.2 Å². The summed E-state index contributed by atoms with van der Waals surface area (Å²) in [6.45, 7) is 2.80. The topological polar surface area (TPSA) is 102 Å². The van der Waals surface area contributed by atoms with Crippen LogP contribution in [0.2, 0.25) is 5.02 Å². The number of fused-ring (bicyclic) bond motifs is 1. The molecular weight excluding hydrogens is 504 g/mol. The first kappa shape index (κ1) is 27.0. The smallest absolute Gasteiger partial charge is 0.307 e. The van der Waals surface area contributed by atoms with Crippen LogP contribution in [-0.4, -0.2) is 60.7 Å². The van der Waals surface area contributed by atoms with Gasteiger partial charge >= 0.3 is 5.97 Å². The third-order valence-electron chi connectivity index (χ3n) is 6.26. The van der Waals surface area contributed by atoms with Crippen molar-refractivity contribution in [1.82, 2.24) is 4.90 Å². The second-order valence-corrected chi connectivity index (χ2v) is 9.85. The van der Waals surface area contributed by atoms with Crippen LogP contribution in [0.15, 0.2) is 71.7 Å². The molecule has 8 nitrogen and oxygen atoms in total. The zero-order valence-electron chi connectivity index (χ0n) is 21.4. The Balaban J connectivity index is 1.77. The Labute approximate surface area is 226 Å². The summed E-state index contributed by atoms with van der Waals surface area (Å²) in [5, 5.41) is 12.7. The number of carboxylic acids is 1. The number of carbonyl (C=O) groups is 3. The zero-order valence-corrected chi connectivity index (χ0v) is 22.2. The number of carboxylic acid groups (broad SMARTS) is 1. The van der Waals surface area contributed by atoms with Gasteiger partial charge in [0.2, 0.25) is 11.8 Å². The molecule has 1 heterocycles. The van der Waals surface area contributed by atoms with Crippen LogP contribution < -0.4 is 10.2 Å². The lowest BCUT2D eigenvalue weighted by molar-refractivity contribution is -0.136. The molecule has 1 aliphatic rings. The molecule has 1 atom stereocenters. The lowest BCUT2D eigenvalue weighted by atomic mass is 9.89. The molecule has 4 rings (SSSR count). The van der Waals surface area contributed by atoms with E-state index in [4.69, 9.17) is 16.6 Å². The average Bonchev–Trinajstić information content (AvgIpc) is 3.17. The first-order valence-corrected chi connectivity index (χ1v) is 12.5. The fourth-order valence-corrected chi connectivity index (χ4v) is 4.60. The Hall–Kier alpha value is -4.01. The van der Waals surface area contributed by atoms with E-state index in [1.54, 1.807) is 53.4 Å². The lowest BCUT2D eigenvalue weighted by Crippen LogP contribution is -2.35. The van der Waals surface area contributed by atoms with E-state index in [-0.39, 0.29) is 18.2 Å². The number of anilines is 2. The minimum absolute atomic E-state index is 0.0584. The largest absolute Gasteiger partial charge is 0.481 e. The maximum atomic E-state index is 13.2. The molecule has 0 aliphatic carbocycles. The zero-order chi connectivity index (χ0) is 27.4. The highest BCUT2D eigenvalue weighted by Gasteiger charge is 2.35. The molecule has 2 amide bonds. The molecule has 9 heteroatoms. The van der Waals surface area contributed by atoms with Crippen LogP contribution >= 0.6 is 11.6 Å². The Morgan fingerprint density at radius 3 is 2.42 bits per heavy atom. The van der Waals surface area contributed by atoms with E-state index < -0.39 is 11.9 Å². The van der Waals surface area contributed by atoms with Gasteiger partial charge in [-0.1, -0.05) is 35.9 Å². The fourth-order valence-electron chi connectivity index (χ4n) is 4.43. The number of amides is 2. The molecule has 0 fully saturated rings. The molecule has 1 unspecified atom stereocenters. The molecule has 38 heavy (non-hydrogen) atoms. The molecule has 3 aromatic rings. The van der Waals surface area contributed by atoms with Crippen LogP contribution in [0.25, 0.3) is 0 Å². The van der Waals surface area contributed by atoms with Crippen LogP contribution in [0, 0.1) is 0 Å². The van der Waals surface area contributed by atoms with Crippen molar-refractivity contribution in [3.8, 4) is 0 Å². The number of aliphatic carboxylic acids is 1. The normalized spacial score (nSPS) is 14.8. The van der Waals surface area contributed by atoms with E-state index in [2.05, 4.69) is 5.32 Å². The summed E-state index contributed by atoms with van der Waals surface area (Å²) in [5.41, 5.74) is 4.44. The van der Waals surface area contributed by atoms with Crippen molar-refractivity contribution >= 4 is 52.2 Å². The van der Waals surface area contributed by atoms with Crippen LogP contribution in [0.4, 0.5) is 17.1 Å². The molecule has 3 aromatic carbocycles. The predicted molar refractivity (Wildman–Crippen MR) is 150 cm³/mol. The highest BCUT2D eigenvalue weighted by molar-refractivity contribution is 6.31. The van der Waals surface area contributed by atoms with E-state index in [1.807, 2.05) is 37.2 Å². The van der Waals surface area contributed by atoms with Crippen molar-refractivity contribution < 1.29 is 19.5 Å². The summed E-state index contributed by atoms with van der Waals surface area (Å²) in [6, 6.07) is 19.6. The number of rotatable bonds is 9. The van der Waals surface area contributed by atoms with Gasteiger partial charge in [0, 0.05) is 36.4 Å². The molecule has 0 bridgehead atoms. The van der Waals surface area contributed by atoms with Gasteiger partial charge in [0.15, 0.2) is 0 Å². The van der Waals surface area contributed by atoms with Gasteiger partial charge in [-0.15, -0.1) is 0 Å². The summed E-state index contributed by atoms with van der Waals surface area (Å²) >= 11 is 6.15. The van der Waals surface area contributed by atoms with E-state index >= 15 is 0 Å². The van der Waals surface area contributed by atoms with Gasteiger partial charge in [0.05, 0.1) is 17.8 Å². The fraction of sp³-hybridized carbons (Fsp3) is 0.241. The summed E-state index contributed by atoms with van der Waals surface area (Å²) < 4.78 is 0. The molecule has 0 aromatic heterocycles. The highest BCUT2D eigenvalue weighted by Crippen LogP contribution is 2.38. The number of halogens is 1. The number of nitrogens with one attached hydrogen (secondary N) is 1. The quantitative estimate of drug-likeness (QED) is 0.388. The summed E-state index contributed by atoms with van der Waals surface area (Å²) in [7, 11) is 3.91. The van der Waals surface area contributed by atoms with Crippen LogP contribution in [0.1, 0.15) is 29.5 Å². The number of hydrogen-bond donors (Lipinski definition) is 2. The number of benzene rings is 3. The van der Waals surface area contributed by atoms with E-state index in [0.717, 1.165) is 17.8 Å². The minimum Gasteiger partial charge on any atom is -0.481 e. The predicted octanol–water partition coefficient (Wildman–Crippen LogP) is 4.74. The van der Waals surface area contributed by atoms with Crippen LogP contribution in [0.5, 0.6) is 0 Å². The van der Waals surface area contributed by atoms with Gasteiger partial charge in [0.25, 0.3) is 0 Å². The Kier molecular flexibility index (Phi) is 8.24. The van der Waals surface area contributed by atoms with Crippen molar-refractivity contribution in [3.63, 3.8) is 0 Å². The number of carbonyl (C=O) groups excluding carboxylic acids is 2. The monoisotopic (exact) mass is 532 g/mol. The van der Waals surface area contributed by atoms with Gasteiger partial charge in [-0.2, -0.15) is 0 Å². The van der Waals surface area contributed by atoms with E-state index in [9.17, 15) is 19.5 Å². The standard InChI is InChI=1S/C29H29ClN4O4/c1-18(35)34(14-13-33(2)3)23-10-8-22(9-11-23)31-28(20-6-4-5-19(15-20)16-26(36)37)27-24-12-7-21(30)17-25(24)32-29(27)38/h4-12,15,17,27H,13-14,16H2,1-3H3,(H,32,38)(H,36,37). The van der Waals surface area contributed by atoms with E-state index in [1.165, 1.54) is 6.92 Å². The molecule has 0 saturated heterocycles. The molecule has 196 valence electrons. The van der Waals surface area contributed by atoms with Crippen molar-refractivity contribution in [1.29, 1.82) is 0 Å². The summed E-state index contributed by atoms with van der Waals surface area (Å²) in [4.78, 5) is 45.4. The van der Waals surface area contributed by atoms with Crippen molar-refractivity contribution in [3.05, 3.63) is 88.4 Å². The lowest BCUT2D eigenvalue weighted by Gasteiger charge is -2.23. The number of aliphatic imine (C=N–C) groups is 1. The maximum Gasteiger partial charge on any atom is 0.307 e. The van der Waals surface area contributed by atoms with E-state index in [0.29, 0.717) is 39.8 Å². The molecule has 0 spiro atoms. The van der Waals surface area contributed by atoms with Gasteiger partial charge in [-0.25, -0.2) is 0 Å². The maximum absolute atomic E-state index is 13.2. The van der Waals surface area contributed by atoms with Crippen LogP contribution in [-0.2, 0) is 20.8 Å². The van der Waals surface area contributed by atoms with Gasteiger partial charge in [0.1, 0.15) is 5.92 Å². The molecule has 0 radical (unpaired) electrons. The first-order chi connectivity index (χ1) is 18.1. The third kappa shape index (κ3) is 6.27. The summed E-state index contributed by atoms with van der Waals surface area (Å²) in [5.74, 6) is -1.96. The Morgan fingerprint density at radius 1 is 1.03 bits per heavy atom. The molecular formula is C29H29ClN4O4. The minimum atomic E-state index is -0.945. The van der Waals surface area contributed by atoms with Crippen molar-refractivity contribution in [2.24, 2.45) is 4.99 Å². The highest BCUT2D eigenvalue weighted by atomic mass is 35.5. The Bertz CT molecular complexity index is 1400. The number of nitrogens with zero attached hydrogens (tertiary/aromatic N) is 3. The molecule has 2 N–H and O–H groups in total. The van der Waals surface area contributed by atoms with Gasteiger partial charge in [-0.05, 0) is 73.3 Å². The van der Waals surface area contributed by atoms with Gasteiger partial charge in [-0.3, -0.25) is 19.4 Å². The van der Waals surface area contributed by atoms with Crippen molar-refractivity contribution in [2.75, 3.05) is 37.4 Å². The molecule has 1 aliphatic heterocycles. The number of hydrogen-bond acceptors (Lipinski definition) is 5. The first-order valence-electron chi connectivity index (χ1n) is 12.2. The van der Waals surface area contributed by atoms with Crippen molar-refractivity contribution in [2.45, 2.75) is 19.3 Å². The SMILES string of the molecule is CC(=O)N(CCN(C)C)c1ccc(N=C(c2cccc(CC(=O)O)c2)C2C(=O)Nc3cc(Cl)ccc32)cc1. The molecule has 0 saturated carbocycles. The summed E-state index contributed by atoms with van der Waals surface area (Å²) in [6.07, 6.45) is -0.146. The second kappa shape index (κ2) is 11.6. The van der Waals surface area contributed by atoms with Crippen LogP contribution in [0.3, 0.4) is 0 Å². The number of likely N-dealkylation sites (N-methyl/N-ethyl adjacent to an activating group) is 1.